The summed E-state index contributed by atoms with van der Waals surface area (Å²) < 4.78 is 5.68. The molecule has 1 aromatic carbocycles. The Bertz CT molecular complexity index is 710. The summed E-state index contributed by atoms with van der Waals surface area (Å²) >= 11 is 1.59. The zero-order valence-electron chi connectivity index (χ0n) is 13.1. The van der Waals surface area contributed by atoms with Crippen molar-refractivity contribution in [3.05, 3.63) is 45.4 Å². The summed E-state index contributed by atoms with van der Waals surface area (Å²) in [4.78, 5) is 17.9. The predicted molar refractivity (Wildman–Crippen MR) is 87.3 cm³/mol. The summed E-state index contributed by atoms with van der Waals surface area (Å²) in [5.41, 5.74) is 1.63. The fourth-order valence-corrected chi connectivity index (χ4v) is 3.85. The van der Waals surface area contributed by atoms with Crippen molar-refractivity contribution in [1.82, 2.24) is 10.3 Å². The van der Waals surface area contributed by atoms with Crippen molar-refractivity contribution in [2.24, 2.45) is 0 Å². The first-order valence-electron chi connectivity index (χ1n) is 7.44. The lowest BCUT2D eigenvalue weighted by molar-refractivity contribution is -0.122. The summed E-state index contributed by atoms with van der Waals surface area (Å²) in [5, 5.41) is 4.20. The quantitative estimate of drug-likeness (QED) is 0.946. The van der Waals surface area contributed by atoms with E-state index in [0.717, 1.165) is 33.3 Å². The number of aromatic nitrogens is 1. The number of amides is 1. The van der Waals surface area contributed by atoms with Crippen LogP contribution in [0.25, 0.3) is 0 Å². The molecule has 0 saturated heterocycles. The van der Waals surface area contributed by atoms with Crippen LogP contribution in [0.2, 0.25) is 0 Å². The second kappa shape index (κ2) is 5.72. The van der Waals surface area contributed by atoms with Gasteiger partial charge in [-0.1, -0.05) is 18.2 Å². The molecule has 0 spiro atoms. The van der Waals surface area contributed by atoms with Crippen molar-refractivity contribution >= 4 is 17.2 Å². The molecule has 1 amide bonds. The third kappa shape index (κ3) is 2.86. The molecule has 116 valence electrons. The molecule has 1 atom stereocenters. The van der Waals surface area contributed by atoms with Crippen LogP contribution < -0.4 is 10.1 Å². The van der Waals surface area contributed by atoms with E-state index in [2.05, 4.69) is 17.2 Å². The zero-order chi connectivity index (χ0) is 15.7. The van der Waals surface area contributed by atoms with Crippen LogP contribution in [0.1, 0.15) is 34.5 Å². The van der Waals surface area contributed by atoms with Gasteiger partial charge < -0.3 is 10.1 Å². The highest BCUT2D eigenvalue weighted by molar-refractivity contribution is 7.11. The minimum atomic E-state index is -0.375. The highest BCUT2D eigenvalue weighted by Crippen LogP contribution is 2.36. The largest absolute Gasteiger partial charge is 0.493 e. The minimum absolute atomic E-state index is 0.0333. The van der Waals surface area contributed by atoms with Gasteiger partial charge in [-0.3, -0.25) is 4.79 Å². The summed E-state index contributed by atoms with van der Waals surface area (Å²) in [6.07, 6.45) is 1.16. The van der Waals surface area contributed by atoms with Crippen LogP contribution in [-0.2, 0) is 16.8 Å². The van der Waals surface area contributed by atoms with Gasteiger partial charge in [-0.2, -0.15) is 0 Å². The molecule has 0 radical (unpaired) electrons. The number of carbonyl (C=O) groups is 1. The van der Waals surface area contributed by atoms with E-state index in [4.69, 9.17) is 4.74 Å². The smallest absolute Gasteiger partial charge is 0.226 e. The topological polar surface area (TPSA) is 51.2 Å². The lowest BCUT2D eigenvalue weighted by atomic mass is 9.86. The van der Waals surface area contributed by atoms with Gasteiger partial charge in [-0.15, -0.1) is 11.3 Å². The average Bonchev–Trinajstić information content (AvgIpc) is 2.77. The molecule has 0 aliphatic carbocycles. The number of nitrogens with zero attached hydrogens (tertiary/aromatic N) is 1. The molecule has 22 heavy (non-hydrogen) atoms. The van der Waals surface area contributed by atoms with Gasteiger partial charge in [0.2, 0.25) is 5.91 Å². The zero-order valence-corrected chi connectivity index (χ0v) is 13.9. The predicted octanol–water partition coefficient (Wildman–Crippen LogP) is 3.12. The monoisotopic (exact) mass is 316 g/mol. The van der Waals surface area contributed by atoms with Gasteiger partial charge in [0.1, 0.15) is 5.75 Å². The van der Waals surface area contributed by atoms with Crippen LogP contribution >= 0.6 is 11.3 Å². The van der Waals surface area contributed by atoms with Gasteiger partial charge in [0.15, 0.2) is 0 Å². The molecule has 0 bridgehead atoms. The highest BCUT2D eigenvalue weighted by Gasteiger charge is 2.34. The third-order valence-corrected chi connectivity index (χ3v) is 5.15. The Balaban J connectivity index is 1.78. The van der Waals surface area contributed by atoms with Crippen molar-refractivity contribution in [3.63, 3.8) is 0 Å². The Hall–Kier alpha value is -1.88. The van der Waals surface area contributed by atoms with Crippen molar-refractivity contribution in [1.29, 1.82) is 0 Å². The minimum Gasteiger partial charge on any atom is -0.493 e. The molecule has 2 aromatic rings. The molecule has 5 heteroatoms. The first-order valence-corrected chi connectivity index (χ1v) is 8.26. The molecule has 1 aliphatic rings. The van der Waals surface area contributed by atoms with Crippen molar-refractivity contribution in [2.75, 3.05) is 6.61 Å². The van der Waals surface area contributed by atoms with E-state index in [1.165, 1.54) is 0 Å². The van der Waals surface area contributed by atoms with Crippen molar-refractivity contribution in [2.45, 2.75) is 39.2 Å². The van der Waals surface area contributed by atoms with Gasteiger partial charge in [-0.05, 0) is 26.8 Å². The number of rotatable bonds is 3. The van der Waals surface area contributed by atoms with E-state index in [0.29, 0.717) is 13.0 Å². The van der Waals surface area contributed by atoms with Gasteiger partial charge in [0, 0.05) is 16.9 Å². The highest BCUT2D eigenvalue weighted by atomic mass is 32.1. The molecular weight excluding hydrogens is 296 g/mol. The summed E-state index contributed by atoms with van der Waals surface area (Å²) in [6.45, 7) is 6.61. The van der Waals surface area contributed by atoms with Crippen LogP contribution in [0.3, 0.4) is 0 Å². The fourth-order valence-electron chi connectivity index (χ4n) is 2.91. The van der Waals surface area contributed by atoms with Gasteiger partial charge in [0.05, 0.1) is 29.3 Å². The number of carbonyl (C=O) groups excluding carboxylic acids is 1. The lowest BCUT2D eigenvalue weighted by Gasteiger charge is -2.36. The number of aryl methyl sites for hydroxylation is 2. The number of hydrogen-bond acceptors (Lipinski definition) is 4. The van der Waals surface area contributed by atoms with E-state index in [9.17, 15) is 4.79 Å². The Morgan fingerprint density at radius 2 is 2.18 bits per heavy atom. The molecule has 1 aromatic heterocycles. The number of fused-ring (bicyclic) bond motifs is 1. The lowest BCUT2D eigenvalue weighted by Crippen LogP contribution is -2.47. The van der Waals surface area contributed by atoms with E-state index in [-0.39, 0.29) is 11.4 Å². The fraction of sp³-hybridized carbons (Fsp3) is 0.412. The summed E-state index contributed by atoms with van der Waals surface area (Å²) in [7, 11) is 0. The van der Waals surface area contributed by atoms with Crippen molar-refractivity contribution < 1.29 is 9.53 Å². The maximum absolute atomic E-state index is 12.5. The first kappa shape index (κ1) is 15.0. The number of nitrogens with one attached hydrogen (secondary N) is 1. The van der Waals surface area contributed by atoms with Crippen LogP contribution in [0.4, 0.5) is 0 Å². The molecule has 3 rings (SSSR count). The summed E-state index contributed by atoms with van der Waals surface area (Å²) in [5.74, 6) is 0.896. The first-order chi connectivity index (χ1) is 10.5. The summed E-state index contributed by atoms with van der Waals surface area (Å²) in [6, 6.07) is 7.91. The molecule has 1 aliphatic heterocycles. The van der Waals surface area contributed by atoms with Crippen molar-refractivity contribution in [3.8, 4) is 5.75 Å². The molecular formula is C17H20N2O2S. The SMILES string of the molecule is Cc1nc(C)c(CC(=O)NC2(C)CCOc3ccccc32)s1. The molecule has 2 heterocycles. The molecule has 1 unspecified atom stereocenters. The molecule has 0 fully saturated rings. The Kier molecular flexibility index (Phi) is 3.91. The van der Waals surface area contributed by atoms with E-state index in [1.54, 1.807) is 11.3 Å². The Morgan fingerprint density at radius 3 is 2.91 bits per heavy atom. The second-order valence-corrected chi connectivity index (χ2v) is 7.18. The van der Waals surface area contributed by atoms with Crippen LogP contribution in [0.5, 0.6) is 5.75 Å². The molecule has 0 saturated carbocycles. The number of hydrogen-bond donors (Lipinski definition) is 1. The number of ether oxygens (including phenoxy) is 1. The average molecular weight is 316 g/mol. The normalized spacial score (nSPS) is 20.1. The maximum atomic E-state index is 12.5. The van der Waals surface area contributed by atoms with Crippen LogP contribution in [-0.4, -0.2) is 17.5 Å². The van der Waals surface area contributed by atoms with E-state index >= 15 is 0 Å². The van der Waals surface area contributed by atoms with Crippen LogP contribution in [0, 0.1) is 13.8 Å². The van der Waals surface area contributed by atoms with E-state index < -0.39 is 0 Å². The van der Waals surface area contributed by atoms with E-state index in [1.807, 2.05) is 38.1 Å². The molecule has 4 nitrogen and oxygen atoms in total. The Morgan fingerprint density at radius 1 is 1.41 bits per heavy atom. The second-order valence-electron chi connectivity index (χ2n) is 5.89. The third-order valence-electron chi connectivity index (χ3n) is 4.08. The number of para-hydroxylation sites is 1. The van der Waals surface area contributed by atoms with Gasteiger partial charge >= 0.3 is 0 Å². The molecule has 1 N–H and O–H groups in total. The Labute approximate surface area is 134 Å². The maximum Gasteiger partial charge on any atom is 0.226 e. The van der Waals surface area contributed by atoms with Crippen LogP contribution in [0.15, 0.2) is 24.3 Å². The van der Waals surface area contributed by atoms with Gasteiger partial charge in [0.25, 0.3) is 0 Å². The van der Waals surface area contributed by atoms with Gasteiger partial charge in [-0.25, -0.2) is 4.98 Å². The number of thiazole rings is 1. The number of benzene rings is 1. The standard InChI is InChI=1S/C17H20N2O2S/c1-11-15(22-12(2)18-11)10-16(20)19-17(3)8-9-21-14-7-5-4-6-13(14)17/h4-7H,8-10H2,1-3H3,(H,19,20).